The normalized spacial score (nSPS) is 13.9. The largest absolute Gasteiger partial charge is 0.0807 e. The molecule has 0 amide bonds. The fraction of sp³-hybridized carbons (Fsp3) is 0.143. The van der Waals surface area contributed by atoms with E-state index in [1.807, 2.05) is 0 Å². The van der Waals surface area contributed by atoms with Crippen LogP contribution in [-0.2, 0) is 6.42 Å². The monoisotopic (exact) mass is 272 g/mol. The fourth-order valence-corrected chi connectivity index (χ4v) is 2.60. The molecule has 2 aromatic rings. The number of benzene rings is 2. The lowest BCUT2D eigenvalue weighted by atomic mass is 9.98. The smallest absolute Gasteiger partial charge is 0.0163 e. The fourth-order valence-electron chi connectivity index (χ4n) is 2.60. The Morgan fingerprint density at radius 2 is 1.67 bits per heavy atom. The van der Waals surface area contributed by atoms with Crippen molar-refractivity contribution in [1.82, 2.24) is 0 Å². The van der Waals surface area contributed by atoms with Gasteiger partial charge in [-0.15, -0.1) is 0 Å². The topological polar surface area (TPSA) is 0 Å². The van der Waals surface area contributed by atoms with E-state index in [0.29, 0.717) is 0 Å². The van der Waals surface area contributed by atoms with Crippen molar-refractivity contribution in [3.05, 3.63) is 90.0 Å². The van der Waals surface area contributed by atoms with Crippen LogP contribution in [0.15, 0.2) is 78.9 Å². The van der Waals surface area contributed by atoms with Crippen LogP contribution in [0.4, 0.5) is 0 Å². The molecule has 0 N–H and O–H groups in total. The van der Waals surface area contributed by atoms with Crippen molar-refractivity contribution in [2.45, 2.75) is 19.8 Å². The molecular formula is C21H20. The summed E-state index contributed by atoms with van der Waals surface area (Å²) in [6, 6.07) is 17.6. The van der Waals surface area contributed by atoms with Crippen LogP contribution in [0.1, 0.15) is 24.5 Å². The Morgan fingerprint density at radius 1 is 0.857 bits per heavy atom. The summed E-state index contributed by atoms with van der Waals surface area (Å²) in [5, 5.41) is 0. The van der Waals surface area contributed by atoms with Crippen molar-refractivity contribution < 1.29 is 0 Å². The first-order chi connectivity index (χ1) is 10.4. The summed E-state index contributed by atoms with van der Waals surface area (Å²) in [7, 11) is 0. The molecule has 21 heavy (non-hydrogen) atoms. The van der Waals surface area contributed by atoms with Crippen LogP contribution in [0, 0.1) is 0 Å². The Bertz CT molecular complexity index is 697. The molecule has 0 saturated heterocycles. The van der Waals surface area contributed by atoms with E-state index in [2.05, 4.69) is 85.8 Å². The minimum atomic E-state index is 1.02. The Labute approximate surface area is 127 Å². The van der Waals surface area contributed by atoms with E-state index >= 15 is 0 Å². The van der Waals surface area contributed by atoms with Crippen LogP contribution in [0.5, 0.6) is 0 Å². The molecule has 1 aliphatic carbocycles. The van der Waals surface area contributed by atoms with Gasteiger partial charge in [0.1, 0.15) is 0 Å². The molecule has 0 heterocycles. The molecule has 0 fully saturated rings. The van der Waals surface area contributed by atoms with Gasteiger partial charge in [-0.2, -0.15) is 0 Å². The van der Waals surface area contributed by atoms with E-state index in [0.717, 1.165) is 12.8 Å². The first kappa shape index (κ1) is 13.6. The molecular weight excluding hydrogens is 252 g/mol. The molecule has 0 unspecified atom stereocenters. The number of rotatable bonds is 3. The Hall–Kier alpha value is -2.34. The average Bonchev–Trinajstić information content (AvgIpc) is 2.84. The van der Waals surface area contributed by atoms with Crippen molar-refractivity contribution >= 4 is 5.57 Å². The third-order valence-electron chi connectivity index (χ3n) is 3.87. The highest BCUT2D eigenvalue weighted by atomic mass is 14.1. The highest BCUT2D eigenvalue weighted by Gasteiger charge is 2.02. The molecule has 2 aromatic carbocycles. The summed E-state index contributed by atoms with van der Waals surface area (Å²) in [5.41, 5.74) is 6.51. The van der Waals surface area contributed by atoms with Crippen LogP contribution < -0.4 is 0 Å². The molecule has 104 valence electrons. The van der Waals surface area contributed by atoms with Gasteiger partial charge in [-0.1, -0.05) is 85.8 Å². The van der Waals surface area contributed by atoms with Gasteiger partial charge in [-0.3, -0.25) is 0 Å². The zero-order valence-corrected chi connectivity index (χ0v) is 12.4. The van der Waals surface area contributed by atoms with Gasteiger partial charge in [0, 0.05) is 0 Å². The second-order valence-corrected chi connectivity index (χ2v) is 5.32. The molecule has 0 bridgehead atoms. The lowest BCUT2D eigenvalue weighted by Crippen LogP contribution is -1.84. The van der Waals surface area contributed by atoms with Crippen molar-refractivity contribution in [3.63, 3.8) is 0 Å². The van der Waals surface area contributed by atoms with E-state index in [-0.39, 0.29) is 0 Å². The number of allylic oxidation sites excluding steroid dienone is 6. The molecule has 1 aliphatic rings. The second kappa shape index (κ2) is 6.41. The van der Waals surface area contributed by atoms with Crippen LogP contribution in [-0.4, -0.2) is 0 Å². The minimum Gasteiger partial charge on any atom is -0.0807 e. The van der Waals surface area contributed by atoms with Crippen LogP contribution in [0.2, 0.25) is 0 Å². The predicted octanol–water partition coefficient (Wildman–Crippen LogP) is 5.82. The number of hydrogen-bond donors (Lipinski definition) is 0. The Kier molecular flexibility index (Phi) is 4.16. The first-order valence-electron chi connectivity index (χ1n) is 7.60. The van der Waals surface area contributed by atoms with Crippen molar-refractivity contribution in [3.8, 4) is 11.1 Å². The third kappa shape index (κ3) is 3.22. The molecule has 0 saturated carbocycles. The lowest BCUT2D eigenvalue weighted by Gasteiger charge is -2.07. The molecule has 0 heteroatoms. The van der Waals surface area contributed by atoms with Crippen LogP contribution in [0.3, 0.4) is 0 Å². The zero-order chi connectivity index (χ0) is 14.5. The summed E-state index contributed by atoms with van der Waals surface area (Å²) in [5.74, 6) is 0. The summed E-state index contributed by atoms with van der Waals surface area (Å²) < 4.78 is 0. The highest BCUT2D eigenvalue weighted by Crippen LogP contribution is 2.25. The zero-order valence-electron chi connectivity index (χ0n) is 12.4. The third-order valence-corrected chi connectivity index (χ3v) is 3.87. The van der Waals surface area contributed by atoms with E-state index in [1.165, 1.54) is 27.8 Å². The molecule has 0 atom stereocenters. The van der Waals surface area contributed by atoms with Gasteiger partial charge in [-0.05, 0) is 40.7 Å². The van der Waals surface area contributed by atoms with Crippen LogP contribution >= 0.6 is 0 Å². The number of hydrogen-bond acceptors (Lipinski definition) is 0. The van der Waals surface area contributed by atoms with E-state index < -0.39 is 0 Å². The van der Waals surface area contributed by atoms with Gasteiger partial charge in [0.15, 0.2) is 0 Å². The van der Waals surface area contributed by atoms with Crippen molar-refractivity contribution in [1.29, 1.82) is 0 Å². The second-order valence-electron chi connectivity index (χ2n) is 5.32. The maximum Gasteiger partial charge on any atom is -0.0163 e. The highest BCUT2D eigenvalue weighted by molar-refractivity contribution is 5.77. The molecule has 0 radical (unpaired) electrons. The minimum absolute atomic E-state index is 1.02. The van der Waals surface area contributed by atoms with E-state index in [1.54, 1.807) is 0 Å². The van der Waals surface area contributed by atoms with Gasteiger partial charge >= 0.3 is 0 Å². The summed E-state index contributed by atoms with van der Waals surface area (Å²) in [6.45, 7) is 2.20. The summed E-state index contributed by atoms with van der Waals surface area (Å²) in [4.78, 5) is 0. The Morgan fingerprint density at radius 3 is 2.48 bits per heavy atom. The van der Waals surface area contributed by atoms with Gasteiger partial charge in [0.25, 0.3) is 0 Å². The van der Waals surface area contributed by atoms with Gasteiger partial charge in [0.05, 0.1) is 0 Å². The summed E-state index contributed by atoms with van der Waals surface area (Å²) in [6.07, 6.45) is 13.0. The predicted molar refractivity (Wildman–Crippen MR) is 92.1 cm³/mol. The van der Waals surface area contributed by atoms with Crippen LogP contribution in [0.25, 0.3) is 16.7 Å². The maximum atomic E-state index is 2.28. The molecule has 0 aromatic heterocycles. The van der Waals surface area contributed by atoms with E-state index in [4.69, 9.17) is 0 Å². The standard InChI is InChI=1S/C21H20/c1-2-17-8-7-11-21(16-17)20-14-12-19(13-15-20)18-9-5-3-4-6-10-18/h3,5-16H,2,4H2,1H3. The van der Waals surface area contributed by atoms with Gasteiger partial charge in [-0.25, -0.2) is 0 Å². The average molecular weight is 272 g/mol. The molecule has 0 spiro atoms. The van der Waals surface area contributed by atoms with Crippen molar-refractivity contribution in [2.24, 2.45) is 0 Å². The molecule has 0 aliphatic heterocycles. The Balaban J connectivity index is 1.90. The summed E-state index contributed by atoms with van der Waals surface area (Å²) >= 11 is 0. The molecule has 0 nitrogen and oxygen atoms in total. The first-order valence-corrected chi connectivity index (χ1v) is 7.60. The SMILES string of the molecule is CCc1cccc(-c2ccc(C3=CC=CCC=C3)cc2)c1. The maximum absolute atomic E-state index is 2.28. The van der Waals surface area contributed by atoms with Crippen molar-refractivity contribution in [2.75, 3.05) is 0 Å². The number of aryl methyl sites for hydroxylation is 1. The van der Waals surface area contributed by atoms with Gasteiger partial charge < -0.3 is 0 Å². The molecule has 3 rings (SSSR count). The van der Waals surface area contributed by atoms with E-state index in [9.17, 15) is 0 Å². The van der Waals surface area contributed by atoms with Gasteiger partial charge in [0.2, 0.25) is 0 Å². The lowest BCUT2D eigenvalue weighted by molar-refractivity contribution is 1.14. The quantitative estimate of drug-likeness (QED) is 0.661.